The minimum atomic E-state index is -0.358. The smallest absolute Gasteiger partial charge is 0.236 e. The Morgan fingerprint density at radius 3 is 2.47 bits per heavy atom. The number of carbonyl (C=O) groups excluding carboxylic acids is 1. The molecule has 1 amide bonds. The monoisotopic (exact) mass is 244 g/mol. The van der Waals surface area contributed by atoms with Crippen LogP contribution in [0.2, 0.25) is 0 Å². The van der Waals surface area contributed by atoms with Crippen LogP contribution in [0, 0.1) is 5.92 Å². The van der Waals surface area contributed by atoms with E-state index in [0.717, 1.165) is 19.6 Å². The molecule has 0 aromatic heterocycles. The molecule has 2 unspecified atom stereocenters. The van der Waals surface area contributed by atoms with Crippen molar-refractivity contribution in [3.05, 3.63) is 0 Å². The Bertz CT molecular complexity index is 198. The second-order valence-corrected chi connectivity index (χ2v) is 4.47. The Morgan fingerprint density at radius 2 is 2.00 bits per heavy atom. The van der Waals surface area contributed by atoms with Gasteiger partial charge < -0.3 is 15.8 Å². The van der Waals surface area contributed by atoms with Gasteiger partial charge in [-0.25, -0.2) is 0 Å². The molecule has 0 radical (unpaired) electrons. The highest BCUT2D eigenvalue weighted by Crippen LogP contribution is 2.12. The Morgan fingerprint density at radius 1 is 1.29 bits per heavy atom. The number of amides is 1. The minimum absolute atomic E-state index is 0.339. The van der Waals surface area contributed by atoms with E-state index in [1.807, 2.05) is 6.92 Å². The number of nitrogens with two attached hydrogens (primary N) is 1. The maximum absolute atomic E-state index is 11.1. The van der Waals surface area contributed by atoms with Crippen LogP contribution >= 0.6 is 0 Å². The number of hydrogen-bond acceptors (Lipinski definition) is 3. The van der Waals surface area contributed by atoms with Crippen LogP contribution < -0.4 is 11.1 Å². The molecule has 0 heterocycles. The molecule has 0 saturated heterocycles. The van der Waals surface area contributed by atoms with Gasteiger partial charge in [-0.15, -0.1) is 0 Å². The second kappa shape index (κ2) is 10.5. The highest BCUT2D eigenvalue weighted by Gasteiger charge is 2.14. The topological polar surface area (TPSA) is 64.3 Å². The highest BCUT2D eigenvalue weighted by atomic mass is 16.5. The summed E-state index contributed by atoms with van der Waals surface area (Å²) in [5, 5.41) is 3.02. The lowest BCUT2D eigenvalue weighted by Crippen LogP contribution is -2.44. The first-order chi connectivity index (χ1) is 8.15. The van der Waals surface area contributed by atoms with E-state index >= 15 is 0 Å². The zero-order valence-electron chi connectivity index (χ0n) is 11.5. The van der Waals surface area contributed by atoms with Gasteiger partial charge in [0.1, 0.15) is 6.04 Å². The van der Waals surface area contributed by atoms with E-state index < -0.39 is 0 Å². The summed E-state index contributed by atoms with van der Waals surface area (Å²) >= 11 is 0. The van der Waals surface area contributed by atoms with E-state index in [0.29, 0.717) is 12.5 Å². The molecule has 4 heteroatoms. The van der Waals surface area contributed by atoms with Gasteiger partial charge in [0.25, 0.3) is 0 Å². The summed E-state index contributed by atoms with van der Waals surface area (Å²) in [4.78, 5) is 11.1. The number of nitrogens with one attached hydrogen (secondary N) is 1. The lowest BCUT2D eigenvalue weighted by molar-refractivity contribution is -0.121. The molecule has 0 aliphatic heterocycles. The molecule has 0 rings (SSSR count). The number of hydrogen-bond donors (Lipinski definition) is 2. The molecule has 4 nitrogen and oxygen atoms in total. The van der Waals surface area contributed by atoms with Crippen molar-refractivity contribution in [2.75, 3.05) is 19.8 Å². The average molecular weight is 244 g/mol. The lowest BCUT2D eigenvalue weighted by Gasteiger charge is -2.18. The Labute approximate surface area is 105 Å². The highest BCUT2D eigenvalue weighted by molar-refractivity contribution is 5.79. The molecule has 17 heavy (non-hydrogen) atoms. The van der Waals surface area contributed by atoms with Gasteiger partial charge in [0.05, 0.1) is 6.61 Å². The van der Waals surface area contributed by atoms with E-state index in [9.17, 15) is 4.79 Å². The van der Waals surface area contributed by atoms with E-state index in [2.05, 4.69) is 19.2 Å². The normalized spacial score (nSPS) is 14.5. The molecule has 0 aromatic carbocycles. The first-order valence-corrected chi connectivity index (χ1v) is 6.76. The number of primary amides is 1. The summed E-state index contributed by atoms with van der Waals surface area (Å²) in [6, 6.07) is -0.358. The largest absolute Gasteiger partial charge is 0.379 e. The summed E-state index contributed by atoms with van der Waals surface area (Å²) < 4.78 is 5.60. The zero-order chi connectivity index (χ0) is 13.1. The van der Waals surface area contributed by atoms with E-state index in [1.165, 1.54) is 19.3 Å². The standard InChI is InChI=1S/C13H28N2O2/c1-4-7-8-11(5-2)9-17-10-12(13(14)16)15-6-3/h11-12,15H,4-10H2,1-3H3,(H2,14,16). The summed E-state index contributed by atoms with van der Waals surface area (Å²) in [6.45, 7) is 8.16. The average Bonchev–Trinajstić information content (AvgIpc) is 2.31. The quantitative estimate of drug-likeness (QED) is 0.581. The van der Waals surface area contributed by atoms with Crippen LogP contribution in [0.5, 0.6) is 0 Å². The molecule has 0 bridgehead atoms. The molecule has 0 aliphatic carbocycles. The predicted molar refractivity (Wildman–Crippen MR) is 70.8 cm³/mol. The van der Waals surface area contributed by atoms with Gasteiger partial charge in [-0.2, -0.15) is 0 Å². The van der Waals surface area contributed by atoms with Crippen molar-refractivity contribution in [3.8, 4) is 0 Å². The van der Waals surface area contributed by atoms with Crippen LogP contribution in [0.4, 0.5) is 0 Å². The third-order valence-corrected chi connectivity index (χ3v) is 2.98. The maximum Gasteiger partial charge on any atom is 0.236 e. The Balaban J connectivity index is 3.80. The first kappa shape index (κ1) is 16.4. The van der Waals surface area contributed by atoms with Gasteiger partial charge in [0.15, 0.2) is 0 Å². The molecule has 0 saturated carbocycles. The fraction of sp³-hybridized carbons (Fsp3) is 0.923. The van der Waals surface area contributed by atoms with Crippen LogP contribution in [0.25, 0.3) is 0 Å². The third-order valence-electron chi connectivity index (χ3n) is 2.98. The second-order valence-electron chi connectivity index (χ2n) is 4.47. The zero-order valence-corrected chi connectivity index (χ0v) is 11.5. The van der Waals surface area contributed by atoms with Crippen molar-refractivity contribution in [1.82, 2.24) is 5.32 Å². The Hall–Kier alpha value is -0.610. The third kappa shape index (κ3) is 8.16. The molecular weight excluding hydrogens is 216 g/mol. The minimum Gasteiger partial charge on any atom is -0.379 e. The number of likely N-dealkylation sites (N-methyl/N-ethyl adjacent to an activating group) is 1. The van der Waals surface area contributed by atoms with Crippen molar-refractivity contribution >= 4 is 5.91 Å². The van der Waals surface area contributed by atoms with Crippen molar-refractivity contribution < 1.29 is 9.53 Å². The molecule has 3 N–H and O–H groups in total. The van der Waals surface area contributed by atoms with Crippen molar-refractivity contribution in [2.24, 2.45) is 11.7 Å². The van der Waals surface area contributed by atoms with E-state index in [-0.39, 0.29) is 11.9 Å². The molecule has 0 fully saturated rings. The fourth-order valence-electron chi connectivity index (χ4n) is 1.74. The van der Waals surface area contributed by atoms with Crippen molar-refractivity contribution in [2.45, 2.75) is 52.5 Å². The molecule has 0 aliphatic rings. The van der Waals surface area contributed by atoms with Crippen LogP contribution in [-0.2, 0) is 9.53 Å². The molecule has 2 atom stereocenters. The van der Waals surface area contributed by atoms with Gasteiger partial charge in [-0.1, -0.05) is 40.0 Å². The predicted octanol–water partition coefficient (Wildman–Crippen LogP) is 1.68. The van der Waals surface area contributed by atoms with E-state index in [1.54, 1.807) is 0 Å². The van der Waals surface area contributed by atoms with Crippen LogP contribution in [-0.4, -0.2) is 31.7 Å². The molecule has 0 spiro atoms. The van der Waals surface area contributed by atoms with E-state index in [4.69, 9.17) is 10.5 Å². The van der Waals surface area contributed by atoms with Gasteiger partial charge in [-0.05, 0) is 18.9 Å². The number of ether oxygens (including phenoxy) is 1. The molecular formula is C13H28N2O2. The summed E-state index contributed by atoms with van der Waals surface area (Å²) in [7, 11) is 0. The molecule has 0 aromatic rings. The van der Waals surface area contributed by atoms with Gasteiger partial charge in [0.2, 0.25) is 5.91 Å². The van der Waals surface area contributed by atoms with Crippen LogP contribution in [0.15, 0.2) is 0 Å². The van der Waals surface area contributed by atoms with Crippen LogP contribution in [0.1, 0.15) is 46.5 Å². The lowest BCUT2D eigenvalue weighted by atomic mass is 10.0. The SMILES string of the molecule is CCCCC(CC)COCC(NCC)C(N)=O. The number of unbranched alkanes of at least 4 members (excludes halogenated alkanes) is 1. The maximum atomic E-state index is 11.1. The van der Waals surface area contributed by atoms with Gasteiger partial charge in [0, 0.05) is 6.61 Å². The summed E-state index contributed by atoms with van der Waals surface area (Å²) in [5.74, 6) is 0.263. The Kier molecular flexibility index (Phi) is 10.2. The molecule has 102 valence electrons. The van der Waals surface area contributed by atoms with Crippen molar-refractivity contribution in [3.63, 3.8) is 0 Å². The summed E-state index contributed by atoms with van der Waals surface area (Å²) in [6.07, 6.45) is 4.80. The van der Waals surface area contributed by atoms with Gasteiger partial charge >= 0.3 is 0 Å². The number of rotatable bonds is 11. The van der Waals surface area contributed by atoms with Crippen molar-refractivity contribution in [1.29, 1.82) is 0 Å². The fourth-order valence-corrected chi connectivity index (χ4v) is 1.74. The summed E-state index contributed by atoms with van der Waals surface area (Å²) in [5.41, 5.74) is 5.27. The van der Waals surface area contributed by atoms with Gasteiger partial charge in [-0.3, -0.25) is 4.79 Å². The van der Waals surface area contributed by atoms with Crippen LogP contribution in [0.3, 0.4) is 0 Å². The number of carbonyl (C=O) groups is 1. The first-order valence-electron chi connectivity index (χ1n) is 6.76.